The van der Waals surface area contributed by atoms with E-state index in [1.54, 1.807) is 34.6 Å². The molecular formula is C25H35N3O7. The van der Waals surface area contributed by atoms with Crippen molar-refractivity contribution in [2.75, 3.05) is 14.2 Å². The Balaban J connectivity index is 2.35. The summed E-state index contributed by atoms with van der Waals surface area (Å²) in [4.78, 5) is 53.0. The van der Waals surface area contributed by atoms with Gasteiger partial charge in [-0.3, -0.25) is 4.79 Å². The van der Waals surface area contributed by atoms with E-state index in [-0.39, 0.29) is 18.8 Å². The van der Waals surface area contributed by atoms with Crippen LogP contribution in [0.4, 0.5) is 4.79 Å². The number of aromatic amines is 1. The summed E-state index contributed by atoms with van der Waals surface area (Å²) in [6.45, 7) is 8.76. The van der Waals surface area contributed by atoms with E-state index in [0.29, 0.717) is 11.3 Å². The number of amides is 2. The van der Waals surface area contributed by atoms with Crippen molar-refractivity contribution in [2.24, 2.45) is 5.92 Å². The van der Waals surface area contributed by atoms with Crippen LogP contribution < -0.4 is 10.6 Å². The number of esters is 2. The average molecular weight is 490 g/mol. The molecule has 0 aliphatic heterocycles. The summed E-state index contributed by atoms with van der Waals surface area (Å²) in [6.07, 6.45) is -0.779. The van der Waals surface area contributed by atoms with Gasteiger partial charge in [-0.2, -0.15) is 0 Å². The lowest BCUT2D eigenvalue weighted by molar-refractivity contribution is -0.146. The van der Waals surface area contributed by atoms with Gasteiger partial charge in [0.2, 0.25) is 5.91 Å². The number of carbonyl (C=O) groups is 4. The highest BCUT2D eigenvalue weighted by molar-refractivity contribution is 5.90. The number of nitrogens with one attached hydrogen (secondary N) is 3. The summed E-state index contributed by atoms with van der Waals surface area (Å²) in [6, 6.07) is 5.54. The largest absolute Gasteiger partial charge is 0.467 e. The third-order valence-electron chi connectivity index (χ3n) is 5.26. The van der Waals surface area contributed by atoms with Crippen LogP contribution >= 0.6 is 0 Å². The van der Waals surface area contributed by atoms with Crippen molar-refractivity contribution in [3.8, 4) is 0 Å². The van der Waals surface area contributed by atoms with E-state index in [1.807, 2.05) is 24.3 Å². The van der Waals surface area contributed by atoms with Gasteiger partial charge in [-0.1, -0.05) is 32.0 Å². The second kappa shape index (κ2) is 11.7. The molecule has 2 amide bonds. The van der Waals surface area contributed by atoms with Crippen LogP contribution in [-0.4, -0.2) is 60.8 Å². The van der Waals surface area contributed by atoms with Crippen molar-refractivity contribution < 1.29 is 33.4 Å². The molecule has 192 valence electrons. The fraction of sp³-hybridized carbons (Fsp3) is 0.520. The van der Waals surface area contributed by atoms with Crippen LogP contribution in [0.15, 0.2) is 24.3 Å². The number of rotatable bonds is 9. The minimum atomic E-state index is -1.05. The Morgan fingerprint density at radius 2 is 1.60 bits per heavy atom. The molecule has 1 heterocycles. The Bertz CT molecular complexity index is 1070. The van der Waals surface area contributed by atoms with E-state index < -0.39 is 41.6 Å². The molecule has 10 nitrogen and oxygen atoms in total. The summed E-state index contributed by atoms with van der Waals surface area (Å²) >= 11 is 0. The highest BCUT2D eigenvalue weighted by atomic mass is 16.6. The van der Waals surface area contributed by atoms with Crippen LogP contribution in [0, 0.1) is 5.92 Å². The molecule has 0 saturated heterocycles. The maximum Gasteiger partial charge on any atom is 0.408 e. The van der Waals surface area contributed by atoms with E-state index in [4.69, 9.17) is 14.2 Å². The zero-order chi connectivity index (χ0) is 26.3. The number of hydrogen-bond donors (Lipinski definition) is 3. The summed E-state index contributed by atoms with van der Waals surface area (Å²) < 4.78 is 15.0. The van der Waals surface area contributed by atoms with Gasteiger partial charge in [0.1, 0.15) is 17.7 Å². The minimum Gasteiger partial charge on any atom is -0.467 e. The zero-order valence-corrected chi connectivity index (χ0v) is 21.3. The van der Waals surface area contributed by atoms with Crippen molar-refractivity contribution in [3.05, 3.63) is 35.5 Å². The summed E-state index contributed by atoms with van der Waals surface area (Å²) in [5, 5.41) is 6.08. The molecule has 0 saturated carbocycles. The number of alkyl carbamates (subject to hydrolysis) is 1. The van der Waals surface area contributed by atoms with Gasteiger partial charge in [0.25, 0.3) is 0 Å². The van der Waals surface area contributed by atoms with Gasteiger partial charge in [-0.25, -0.2) is 14.4 Å². The first kappa shape index (κ1) is 27.7. The SMILES string of the molecule is COC(=O)[C@H](Cc1c(CC(=O)N[C@@H](C(=O)OC)C(C)C)[nH]c2ccccc12)NC(=O)OC(C)(C)C. The van der Waals surface area contributed by atoms with Crippen LogP contribution in [-0.2, 0) is 41.4 Å². The van der Waals surface area contributed by atoms with E-state index in [9.17, 15) is 19.2 Å². The topological polar surface area (TPSA) is 136 Å². The molecule has 2 rings (SSSR count). The standard InChI is InChI=1S/C25H35N3O7/c1-14(2)21(23(31)34-7)28-20(29)13-18-16(15-10-8-9-11-17(15)26-18)12-19(22(30)33-6)27-24(32)35-25(3,4)5/h8-11,14,19,21,26H,12-13H2,1-7H3,(H,27,32)(H,28,29)/t19-,21+/m0/s1. The Morgan fingerprint density at radius 1 is 0.971 bits per heavy atom. The van der Waals surface area contributed by atoms with Crippen molar-refractivity contribution in [1.82, 2.24) is 15.6 Å². The van der Waals surface area contributed by atoms with Gasteiger partial charge in [-0.15, -0.1) is 0 Å². The third-order valence-corrected chi connectivity index (χ3v) is 5.26. The molecule has 1 aromatic carbocycles. The third kappa shape index (κ3) is 7.73. The number of methoxy groups -OCH3 is 2. The summed E-state index contributed by atoms with van der Waals surface area (Å²) in [7, 11) is 2.50. The number of benzene rings is 1. The highest BCUT2D eigenvalue weighted by Crippen LogP contribution is 2.25. The quantitative estimate of drug-likeness (QED) is 0.364. The van der Waals surface area contributed by atoms with Crippen molar-refractivity contribution in [3.63, 3.8) is 0 Å². The van der Waals surface area contributed by atoms with E-state index >= 15 is 0 Å². The summed E-state index contributed by atoms with van der Waals surface area (Å²) in [5.41, 5.74) is 1.23. The normalized spacial score (nSPS) is 13.1. The number of carbonyl (C=O) groups excluding carboxylic acids is 4. The van der Waals surface area contributed by atoms with Gasteiger partial charge in [0.05, 0.1) is 20.6 Å². The maximum absolute atomic E-state index is 12.9. The lowest BCUT2D eigenvalue weighted by atomic mass is 10.00. The molecule has 3 N–H and O–H groups in total. The molecule has 0 bridgehead atoms. The Kier molecular flexibility index (Phi) is 9.27. The van der Waals surface area contributed by atoms with Crippen molar-refractivity contribution in [1.29, 1.82) is 0 Å². The van der Waals surface area contributed by atoms with Gasteiger partial charge in [0, 0.05) is 23.0 Å². The maximum atomic E-state index is 12.9. The Morgan fingerprint density at radius 3 is 2.17 bits per heavy atom. The molecule has 0 aliphatic carbocycles. The van der Waals surface area contributed by atoms with E-state index in [2.05, 4.69) is 15.6 Å². The van der Waals surface area contributed by atoms with Gasteiger partial charge in [-0.05, 0) is 38.3 Å². The molecule has 0 spiro atoms. The molecule has 0 unspecified atom stereocenters. The zero-order valence-electron chi connectivity index (χ0n) is 21.3. The molecule has 0 aliphatic rings. The Hall–Kier alpha value is -3.56. The number of fused-ring (bicyclic) bond motifs is 1. The van der Waals surface area contributed by atoms with Crippen LogP contribution in [0.25, 0.3) is 10.9 Å². The predicted octanol–water partition coefficient (Wildman–Crippen LogP) is 2.63. The van der Waals surface area contributed by atoms with Gasteiger partial charge < -0.3 is 29.8 Å². The van der Waals surface area contributed by atoms with Crippen molar-refractivity contribution in [2.45, 2.75) is 65.1 Å². The second-order valence-electron chi connectivity index (χ2n) is 9.54. The molecule has 10 heteroatoms. The first-order valence-electron chi connectivity index (χ1n) is 11.4. The predicted molar refractivity (Wildman–Crippen MR) is 130 cm³/mol. The monoisotopic (exact) mass is 489 g/mol. The number of ether oxygens (including phenoxy) is 3. The van der Waals surface area contributed by atoms with E-state index in [1.165, 1.54) is 14.2 Å². The van der Waals surface area contributed by atoms with Gasteiger partial charge in [0.15, 0.2) is 0 Å². The molecular weight excluding hydrogens is 454 g/mol. The Labute approximate surface area is 205 Å². The fourth-order valence-corrected chi connectivity index (χ4v) is 3.64. The first-order valence-corrected chi connectivity index (χ1v) is 11.4. The average Bonchev–Trinajstić information content (AvgIpc) is 3.11. The van der Waals surface area contributed by atoms with Gasteiger partial charge >= 0.3 is 18.0 Å². The number of H-pyrrole nitrogens is 1. The summed E-state index contributed by atoms with van der Waals surface area (Å²) in [5.74, 6) is -1.74. The molecule has 0 fully saturated rings. The smallest absolute Gasteiger partial charge is 0.408 e. The highest BCUT2D eigenvalue weighted by Gasteiger charge is 2.29. The van der Waals surface area contributed by atoms with Crippen molar-refractivity contribution >= 4 is 34.8 Å². The first-order chi connectivity index (χ1) is 16.4. The molecule has 35 heavy (non-hydrogen) atoms. The van der Waals surface area contributed by atoms with Crippen LogP contribution in [0.3, 0.4) is 0 Å². The lowest BCUT2D eigenvalue weighted by Crippen LogP contribution is -2.46. The number of para-hydroxylation sites is 1. The molecule has 0 radical (unpaired) electrons. The second-order valence-corrected chi connectivity index (χ2v) is 9.54. The van der Waals surface area contributed by atoms with Crippen LogP contribution in [0.5, 0.6) is 0 Å². The van der Waals surface area contributed by atoms with E-state index in [0.717, 1.165) is 10.9 Å². The number of aromatic nitrogens is 1. The molecule has 2 atom stereocenters. The fourth-order valence-electron chi connectivity index (χ4n) is 3.64. The van der Waals surface area contributed by atoms with Crippen LogP contribution in [0.1, 0.15) is 45.9 Å². The minimum absolute atomic E-state index is 0.0587. The molecule has 2 aromatic rings. The lowest BCUT2D eigenvalue weighted by Gasteiger charge is -2.23. The van der Waals surface area contributed by atoms with Crippen LogP contribution in [0.2, 0.25) is 0 Å². The molecule has 1 aromatic heterocycles. The number of hydrogen-bond acceptors (Lipinski definition) is 7.